The molecule has 1 aromatic rings. The van der Waals surface area contributed by atoms with Crippen LogP contribution in [0.15, 0.2) is 30.3 Å². The van der Waals surface area contributed by atoms with E-state index in [2.05, 4.69) is 18.7 Å². The second-order valence-corrected chi connectivity index (χ2v) is 6.12. The van der Waals surface area contributed by atoms with Gasteiger partial charge in [0.25, 0.3) is 0 Å². The van der Waals surface area contributed by atoms with Crippen molar-refractivity contribution in [1.29, 1.82) is 0 Å². The van der Waals surface area contributed by atoms with Crippen molar-refractivity contribution in [2.75, 3.05) is 19.7 Å². The van der Waals surface area contributed by atoms with Gasteiger partial charge in [0.1, 0.15) is 0 Å². The summed E-state index contributed by atoms with van der Waals surface area (Å²) >= 11 is 0. The van der Waals surface area contributed by atoms with E-state index in [4.69, 9.17) is 5.73 Å². The van der Waals surface area contributed by atoms with Crippen LogP contribution in [0.25, 0.3) is 0 Å². The SMILES string of the molecule is CC1CC(C)N(CCC(N)(CO)c2ccccc2)C1. The van der Waals surface area contributed by atoms with Crippen molar-refractivity contribution >= 4 is 0 Å². The van der Waals surface area contributed by atoms with Crippen molar-refractivity contribution in [2.24, 2.45) is 11.7 Å². The molecule has 106 valence electrons. The number of rotatable bonds is 5. The molecule has 1 aliphatic rings. The molecule has 2 rings (SSSR count). The Morgan fingerprint density at radius 2 is 2.00 bits per heavy atom. The summed E-state index contributed by atoms with van der Waals surface area (Å²) in [4.78, 5) is 2.49. The van der Waals surface area contributed by atoms with Gasteiger partial charge in [-0.25, -0.2) is 0 Å². The molecule has 0 saturated carbocycles. The van der Waals surface area contributed by atoms with Crippen LogP contribution < -0.4 is 5.73 Å². The minimum Gasteiger partial charge on any atom is -0.394 e. The highest BCUT2D eigenvalue weighted by Crippen LogP contribution is 2.26. The third-order valence-corrected chi connectivity index (χ3v) is 4.39. The largest absolute Gasteiger partial charge is 0.394 e. The fourth-order valence-electron chi connectivity index (χ4n) is 3.13. The third kappa shape index (κ3) is 3.35. The van der Waals surface area contributed by atoms with Crippen LogP contribution >= 0.6 is 0 Å². The number of likely N-dealkylation sites (tertiary alicyclic amines) is 1. The van der Waals surface area contributed by atoms with Gasteiger partial charge in [-0.15, -0.1) is 0 Å². The smallest absolute Gasteiger partial charge is 0.0656 e. The number of nitrogens with zero attached hydrogens (tertiary/aromatic N) is 1. The highest BCUT2D eigenvalue weighted by molar-refractivity contribution is 5.24. The maximum absolute atomic E-state index is 9.69. The van der Waals surface area contributed by atoms with Crippen molar-refractivity contribution < 1.29 is 5.11 Å². The zero-order valence-corrected chi connectivity index (χ0v) is 12.0. The van der Waals surface area contributed by atoms with Gasteiger partial charge in [-0.05, 0) is 31.2 Å². The van der Waals surface area contributed by atoms with Crippen molar-refractivity contribution in [1.82, 2.24) is 4.90 Å². The standard InChI is InChI=1S/C16H26N2O/c1-13-10-14(2)18(11-13)9-8-16(17,12-19)15-6-4-3-5-7-15/h3-7,13-14,19H,8-12,17H2,1-2H3. The average Bonchev–Trinajstić information content (AvgIpc) is 2.75. The summed E-state index contributed by atoms with van der Waals surface area (Å²) < 4.78 is 0. The fraction of sp³-hybridized carbons (Fsp3) is 0.625. The highest BCUT2D eigenvalue weighted by atomic mass is 16.3. The van der Waals surface area contributed by atoms with Crippen LogP contribution in [0.5, 0.6) is 0 Å². The Bertz CT molecular complexity index is 395. The molecule has 1 aliphatic heterocycles. The van der Waals surface area contributed by atoms with Crippen LogP contribution in [0, 0.1) is 5.92 Å². The van der Waals surface area contributed by atoms with Gasteiger partial charge in [0, 0.05) is 19.1 Å². The molecule has 3 unspecified atom stereocenters. The lowest BCUT2D eigenvalue weighted by Crippen LogP contribution is -2.44. The summed E-state index contributed by atoms with van der Waals surface area (Å²) in [5.74, 6) is 0.771. The van der Waals surface area contributed by atoms with E-state index in [9.17, 15) is 5.11 Å². The molecule has 19 heavy (non-hydrogen) atoms. The molecule has 0 spiro atoms. The highest BCUT2D eigenvalue weighted by Gasteiger charge is 2.31. The van der Waals surface area contributed by atoms with Gasteiger partial charge in [-0.3, -0.25) is 0 Å². The summed E-state index contributed by atoms with van der Waals surface area (Å²) in [5, 5.41) is 9.69. The van der Waals surface area contributed by atoms with E-state index in [0.29, 0.717) is 6.04 Å². The summed E-state index contributed by atoms with van der Waals surface area (Å²) in [7, 11) is 0. The predicted molar refractivity (Wildman–Crippen MR) is 78.8 cm³/mol. The summed E-state index contributed by atoms with van der Waals surface area (Å²) in [6.07, 6.45) is 2.06. The Balaban J connectivity index is 2.00. The van der Waals surface area contributed by atoms with E-state index in [1.54, 1.807) is 0 Å². The molecular weight excluding hydrogens is 236 g/mol. The predicted octanol–water partition coefficient (Wildman–Crippen LogP) is 1.95. The van der Waals surface area contributed by atoms with E-state index >= 15 is 0 Å². The van der Waals surface area contributed by atoms with Crippen molar-refractivity contribution in [3.63, 3.8) is 0 Å². The van der Waals surface area contributed by atoms with Gasteiger partial charge in [0.15, 0.2) is 0 Å². The first-order chi connectivity index (χ1) is 9.05. The van der Waals surface area contributed by atoms with Crippen molar-refractivity contribution in [3.05, 3.63) is 35.9 Å². The van der Waals surface area contributed by atoms with Crippen LogP contribution in [0.3, 0.4) is 0 Å². The molecule has 1 heterocycles. The van der Waals surface area contributed by atoms with Crippen LogP contribution in [0.4, 0.5) is 0 Å². The molecule has 1 saturated heterocycles. The molecule has 3 heteroatoms. The summed E-state index contributed by atoms with van der Waals surface area (Å²) in [6, 6.07) is 10.6. The quantitative estimate of drug-likeness (QED) is 0.853. The molecule has 1 fully saturated rings. The van der Waals surface area contributed by atoms with E-state index in [1.807, 2.05) is 30.3 Å². The first-order valence-electron chi connectivity index (χ1n) is 7.24. The zero-order valence-electron chi connectivity index (χ0n) is 12.0. The molecule has 0 aliphatic carbocycles. The third-order valence-electron chi connectivity index (χ3n) is 4.39. The van der Waals surface area contributed by atoms with Gasteiger partial charge in [0.05, 0.1) is 12.1 Å². The lowest BCUT2D eigenvalue weighted by atomic mass is 9.88. The van der Waals surface area contributed by atoms with E-state index in [1.165, 1.54) is 6.42 Å². The van der Waals surface area contributed by atoms with Gasteiger partial charge >= 0.3 is 0 Å². The molecule has 0 amide bonds. The van der Waals surface area contributed by atoms with Gasteiger partial charge in [-0.1, -0.05) is 37.3 Å². The van der Waals surface area contributed by atoms with E-state index in [0.717, 1.165) is 31.0 Å². The number of hydrogen-bond acceptors (Lipinski definition) is 3. The van der Waals surface area contributed by atoms with Crippen LogP contribution in [-0.2, 0) is 5.54 Å². The number of hydrogen-bond donors (Lipinski definition) is 2. The Hall–Kier alpha value is -0.900. The second-order valence-electron chi connectivity index (χ2n) is 6.12. The lowest BCUT2D eigenvalue weighted by Gasteiger charge is -2.31. The van der Waals surface area contributed by atoms with Crippen LogP contribution in [0.1, 0.15) is 32.3 Å². The topological polar surface area (TPSA) is 49.5 Å². The monoisotopic (exact) mass is 262 g/mol. The van der Waals surface area contributed by atoms with Crippen molar-refractivity contribution in [2.45, 2.75) is 38.3 Å². The number of aliphatic hydroxyl groups excluding tert-OH is 1. The molecule has 0 radical (unpaired) electrons. The van der Waals surface area contributed by atoms with Crippen LogP contribution in [-0.4, -0.2) is 35.7 Å². The Morgan fingerprint density at radius 1 is 1.32 bits per heavy atom. The zero-order chi connectivity index (χ0) is 13.9. The molecule has 0 bridgehead atoms. The number of aliphatic hydroxyl groups is 1. The Kier molecular flexibility index (Phi) is 4.61. The van der Waals surface area contributed by atoms with Gasteiger partial charge < -0.3 is 15.7 Å². The molecule has 1 aromatic carbocycles. The minimum absolute atomic E-state index is 0.00517. The summed E-state index contributed by atoms with van der Waals surface area (Å²) in [5.41, 5.74) is 6.81. The summed E-state index contributed by atoms with van der Waals surface area (Å²) in [6.45, 7) is 6.68. The number of nitrogens with two attached hydrogens (primary N) is 1. The average molecular weight is 262 g/mol. The van der Waals surface area contributed by atoms with E-state index in [-0.39, 0.29) is 6.61 Å². The van der Waals surface area contributed by atoms with Gasteiger partial charge in [-0.2, -0.15) is 0 Å². The van der Waals surface area contributed by atoms with Gasteiger partial charge in [0.2, 0.25) is 0 Å². The first kappa shape index (κ1) is 14.5. The first-order valence-corrected chi connectivity index (χ1v) is 7.24. The second kappa shape index (κ2) is 6.04. The molecule has 3 N–H and O–H groups in total. The lowest BCUT2D eigenvalue weighted by molar-refractivity contribution is 0.160. The molecule has 0 aromatic heterocycles. The Labute approximate surface area is 116 Å². The molecular formula is C16H26N2O. The normalized spacial score (nSPS) is 27.4. The van der Waals surface area contributed by atoms with E-state index < -0.39 is 5.54 Å². The van der Waals surface area contributed by atoms with Crippen molar-refractivity contribution in [3.8, 4) is 0 Å². The fourth-order valence-corrected chi connectivity index (χ4v) is 3.13. The maximum Gasteiger partial charge on any atom is 0.0656 e. The Morgan fingerprint density at radius 3 is 2.53 bits per heavy atom. The molecule has 3 atom stereocenters. The molecule has 3 nitrogen and oxygen atoms in total. The number of benzene rings is 1. The van der Waals surface area contributed by atoms with Crippen LogP contribution in [0.2, 0.25) is 0 Å². The maximum atomic E-state index is 9.69. The minimum atomic E-state index is -0.618.